The average Bonchev–Trinajstić information content (AvgIpc) is 3.66. The minimum Gasteiger partial charge on any atom is -0.496 e. The summed E-state index contributed by atoms with van der Waals surface area (Å²) in [6.45, 7) is 8.21. The van der Waals surface area contributed by atoms with E-state index >= 15 is 0 Å². The van der Waals surface area contributed by atoms with Crippen LogP contribution in [0.25, 0.3) is 11.1 Å². The summed E-state index contributed by atoms with van der Waals surface area (Å²) in [5.74, 6) is -0.413. The van der Waals surface area contributed by atoms with E-state index in [1.54, 1.807) is 6.07 Å². The van der Waals surface area contributed by atoms with Crippen LogP contribution in [0.2, 0.25) is 0 Å². The molecule has 7 nitrogen and oxygen atoms in total. The number of methoxy groups -OCH3 is 1. The molecule has 270 valence electrons. The number of carbonyl (C=O) groups is 2. The number of alkyl halides is 3. The number of hydrogen-bond donors (Lipinski definition) is 1. The molecule has 2 atom stereocenters. The Morgan fingerprint density at radius 1 is 0.843 bits per heavy atom. The molecule has 2 saturated heterocycles. The molecule has 51 heavy (non-hydrogen) atoms. The van der Waals surface area contributed by atoms with Gasteiger partial charge in [0.2, 0.25) is 0 Å². The van der Waals surface area contributed by atoms with Crippen LogP contribution in [0.5, 0.6) is 5.75 Å². The maximum atomic E-state index is 14.7. The van der Waals surface area contributed by atoms with Crippen molar-refractivity contribution in [3.8, 4) is 16.9 Å². The summed E-state index contributed by atoms with van der Waals surface area (Å²) >= 11 is 0. The van der Waals surface area contributed by atoms with Crippen LogP contribution in [-0.2, 0) is 35.0 Å². The molecule has 0 unspecified atom stereocenters. The average molecular weight is 707 g/mol. The number of ether oxygens (including phenoxy) is 3. The van der Waals surface area contributed by atoms with E-state index in [9.17, 15) is 27.2 Å². The SMILES string of the molecule is COc1cc(F)c(C(C)C)cc1-c1ccc(C(F)(F)F)cc1CN1C(=O)OC[C@@H]1Cc1ccc(C)cc1.Cc1ccc(C[C@H]2COC(=O)N2)cc1. The van der Waals surface area contributed by atoms with E-state index in [-0.39, 0.29) is 48.6 Å². The number of hydrogen-bond acceptors (Lipinski definition) is 5. The van der Waals surface area contributed by atoms with Crippen molar-refractivity contribution in [1.82, 2.24) is 10.2 Å². The van der Waals surface area contributed by atoms with Crippen LogP contribution in [0.15, 0.2) is 78.9 Å². The van der Waals surface area contributed by atoms with E-state index in [1.165, 1.54) is 35.3 Å². The number of cyclic esters (lactones) is 2. The smallest absolute Gasteiger partial charge is 0.416 e. The Labute approximate surface area is 295 Å². The van der Waals surface area contributed by atoms with Gasteiger partial charge in [-0.05, 0) is 78.6 Å². The number of aryl methyl sites for hydroxylation is 2. The molecule has 1 N–H and O–H groups in total. The number of nitrogens with zero attached hydrogens (tertiary/aromatic N) is 1. The van der Waals surface area contributed by atoms with Gasteiger partial charge < -0.3 is 19.5 Å². The van der Waals surface area contributed by atoms with E-state index in [1.807, 2.05) is 45.0 Å². The zero-order valence-electron chi connectivity index (χ0n) is 29.3. The maximum absolute atomic E-state index is 14.7. The van der Waals surface area contributed by atoms with Crippen LogP contribution in [-0.4, -0.2) is 49.5 Å². The lowest BCUT2D eigenvalue weighted by atomic mass is 9.92. The summed E-state index contributed by atoms with van der Waals surface area (Å²) in [7, 11) is 1.38. The second-order valence-corrected chi connectivity index (χ2v) is 13.3. The molecule has 2 aliphatic heterocycles. The standard InChI is InChI=1S/C29H29F4NO3.C11H13NO2/c1-17(2)24-13-25(27(36-4)14-26(24)30)23-10-9-21(29(31,32)33)12-20(23)15-34-22(16-37-28(34)35)11-19-7-5-18(3)6-8-19;1-8-2-4-9(5-3-8)6-10-7-14-11(13)12-10/h5-10,12-14,17,22H,11,15-16H2,1-4H3;2-5,10H,6-7H2,1H3,(H,12,13)/t22-;10-/m00/s1. The van der Waals surface area contributed by atoms with Crippen molar-refractivity contribution in [2.24, 2.45) is 0 Å². The fourth-order valence-electron chi connectivity index (χ4n) is 6.13. The first-order valence-electron chi connectivity index (χ1n) is 16.8. The van der Waals surface area contributed by atoms with Gasteiger partial charge in [-0.2, -0.15) is 13.2 Å². The zero-order chi connectivity index (χ0) is 36.9. The zero-order valence-corrected chi connectivity index (χ0v) is 29.3. The van der Waals surface area contributed by atoms with E-state index in [0.29, 0.717) is 29.7 Å². The molecular weight excluding hydrogens is 664 g/mol. The van der Waals surface area contributed by atoms with Gasteiger partial charge in [-0.25, -0.2) is 14.0 Å². The number of carbonyl (C=O) groups excluding carboxylic acids is 2. The Bertz CT molecular complexity index is 1840. The van der Waals surface area contributed by atoms with Crippen LogP contribution in [0.3, 0.4) is 0 Å². The van der Waals surface area contributed by atoms with Crippen LogP contribution in [0.4, 0.5) is 27.2 Å². The van der Waals surface area contributed by atoms with Crippen molar-refractivity contribution < 1.29 is 41.4 Å². The van der Waals surface area contributed by atoms with Crippen molar-refractivity contribution in [2.45, 2.75) is 71.3 Å². The van der Waals surface area contributed by atoms with Crippen molar-refractivity contribution in [3.63, 3.8) is 0 Å². The second-order valence-electron chi connectivity index (χ2n) is 13.3. The first kappa shape index (κ1) is 37.2. The van der Waals surface area contributed by atoms with Gasteiger partial charge in [-0.1, -0.05) is 79.6 Å². The summed E-state index contributed by atoms with van der Waals surface area (Å²) in [4.78, 5) is 24.9. The molecule has 0 aliphatic carbocycles. The van der Waals surface area contributed by atoms with E-state index in [2.05, 4.69) is 36.5 Å². The van der Waals surface area contributed by atoms with Gasteiger partial charge in [0.1, 0.15) is 24.8 Å². The predicted octanol–water partition coefficient (Wildman–Crippen LogP) is 9.16. The molecule has 0 bridgehead atoms. The molecule has 0 spiro atoms. The lowest BCUT2D eigenvalue weighted by molar-refractivity contribution is -0.137. The van der Waals surface area contributed by atoms with Crippen LogP contribution >= 0.6 is 0 Å². The number of halogens is 4. The number of alkyl carbamates (subject to hydrolysis) is 1. The molecule has 0 radical (unpaired) electrons. The summed E-state index contributed by atoms with van der Waals surface area (Å²) in [5, 5.41) is 2.76. The summed E-state index contributed by atoms with van der Waals surface area (Å²) in [6.07, 6.45) is -4.13. The first-order chi connectivity index (χ1) is 24.2. The van der Waals surface area contributed by atoms with Gasteiger partial charge in [-0.3, -0.25) is 4.90 Å². The monoisotopic (exact) mass is 706 g/mol. The minimum absolute atomic E-state index is 0.105. The predicted molar refractivity (Wildman–Crippen MR) is 186 cm³/mol. The Morgan fingerprint density at radius 3 is 2.02 bits per heavy atom. The molecule has 0 aromatic heterocycles. The third-order valence-electron chi connectivity index (χ3n) is 9.01. The minimum atomic E-state index is -4.57. The quantitative estimate of drug-likeness (QED) is 0.176. The highest BCUT2D eigenvalue weighted by molar-refractivity contribution is 5.76. The highest BCUT2D eigenvalue weighted by atomic mass is 19.4. The lowest BCUT2D eigenvalue weighted by Crippen LogP contribution is -2.34. The Balaban J connectivity index is 0.000000299. The summed E-state index contributed by atoms with van der Waals surface area (Å²) < 4.78 is 71.2. The van der Waals surface area contributed by atoms with Crippen molar-refractivity contribution in [1.29, 1.82) is 0 Å². The lowest BCUT2D eigenvalue weighted by Gasteiger charge is -2.24. The molecule has 6 rings (SSSR count). The van der Waals surface area contributed by atoms with Crippen molar-refractivity contribution in [2.75, 3.05) is 20.3 Å². The normalized spacial score (nSPS) is 17.1. The van der Waals surface area contributed by atoms with E-state index in [4.69, 9.17) is 14.2 Å². The molecule has 4 aromatic carbocycles. The Kier molecular flexibility index (Phi) is 11.6. The van der Waals surface area contributed by atoms with Gasteiger partial charge in [0.25, 0.3) is 0 Å². The molecule has 2 heterocycles. The second kappa shape index (κ2) is 15.9. The van der Waals surface area contributed by atoms with Crippen molar-refractivity contribution >= 4 is 12.2 Å². The van der Waals surface area contributed by atoms with Gasteiger partial charge in [-0.15, -0.1) is 0 Å². The fraction of sp³-hybridized carbons (Fsp3) is 0.350. The van der Waals surface area contributed by atoms with Crippen LogP contribution < -0.4 is 10.1 Å². The molecule has 2 aliphatic rings. The van der Waals surface area contributed by atoms with E-state index in [0.717, 1.165) is 29.7 Å². The highest BCUT2D eigenvalue weighted by Crippen LogP contribution is 2.40. The molecular formula is C40H42F4N2O5. The van der Waals surface area contributed by atoms with Gasteiger partial charge in [0.05, 0.1) is 31.3 Å². The number of benzene rings is 4. The number of nitrogens with one attached hydrogen (secondary N) is 1. The third-order valence-corrected chi connectivity index (χ3v) is 9.01. The highest BCUT2D eigenvalue weighted by Gasteiger charge is 2.36. The molecule has 4 aromatic rings. The Morgan fingerprint density at radius 2 is 1.47 bits per heavy atom. The largest absolute Gasteiger partial charge is 0.496 e. The number of amides is 2. The number of rotatable bonds is 9. The molecule has 2 amide bonds. The molecule has 0 saturated carbocycles. The van der Waals surface area contributed by atoms with E-state index < -0.39 is 23.7 Å². The molecule has 11 heteroatoms. The van der Waals surface area contributed by atoms with Crippen molar-refractivity contribution in [3.05, 3.63) is 124 Å². The first-order valence-corrected chi connectivity index (χ1v) is 16.8. The van der Waals surface area contributed by atoms with Crippen LogP contribution in [0.1, 0.15) is 58.7 Å². The van der Waals surface area contributed by atoms with Gasteiger partial charge >= 0.3 is 18.4 Å². The van der Waals surface area contributed by atoms with Gasteiger partial charge in [0, 0.05) is 11.6 Å². The summed E-state index contributed by atoms with van der Waals surface area (Å²) in [5.41, 5.74) is 5.30. The third kappa shape index (κ3) is 9.39. The van der Waals surface area contributed by atoms with Crippen LogP contribution in [0, 0.1) is 19.7 Å². The maximum Gasteiger partial charge on any atom is 0.416 e. The molecule has 2 fully saturated rings. The van der Waals surface area contributed by atoms with Gasteiger partial charge in [0.15, 0.2) is 0 Å². The topological polar surface area (TPSA) is 77.1 Å². The summed E-state index contributed by atoms with van der Waals surface area (Å²) in [6, 6.07) is 22.2. The Hall–Kier alpha value is -5.06. The fourth-order valence-corrected chi connectivity index (χ4v) is 6.13.